The lowest BCUT2D eigenvalue weighted by Gasteiger charge is -2.24. The molecule has 0 atom stereocenters. The van der Waals surface area contributed by atoms with Gasteiger partial charge in [0.15, 0.2) is 5.78 Å². The average molecular weight is 337 g/mol. The summed E-state index contributed by atoms with van der Waals surface area (Å²) < 4.78 is 0. The van der Waals surface area contributed by atoms with Crippen LogP contribution in [0, 0.1) is 11.8 Å². The summed E-state index contributed by atoms with van der Waals surface area (Å²) in [5.41, 5.74) is 1.76. The summed E-state index contributed by atoms with van der Waals surface area (Å²) in [4.78, 5) is 24.5. The van der Waals surface area contributed by atoms with Crippen molar-refractivity contribution in [3.8, 4) is 5.75 Å². The molecular weight excluding hydrogens is 314 g/mol. The highest BCUT2D eigenvalue weighted by molar-refractivity contribution is 6.03. The zero-order valence-corrected chi connectivity index (χ0v) is 14.3. The van der Waals surface area contributed by atoms with E-state index in [4.69, 9.17) is 0 Å². The van der Waals surface area contributed by atoms with Crippen molar-refractivity contribution in [1.29, 1.82) is 0 Å². The topological polar surface area (TPSA) is 66.4 Å². The fraction of sp³-hybridized carbons (Fsp3) is 0.429. The van der Waals surface area contributed by atoms with Gasteiger partial charge in [-0.2, -0.15) is 0 Å². The lowest BCUT2D eigenvalue weighted by atomic mass is 9.85. The molecular formula is C21H23NO3. The Bertz CT molecular complexity index is 834. The molecule has 0 aliphatic heterocycles. The van der Waals surface area contributed by atoms with Crippen molar-refractivity contribution in [3.05, 3.63) is 41.5 Å². The summed E-state index contributed by atoms with van der Waals surface area (Å²) in [5.74, 6) is 0.941. The summed E-state index contributed by atoms with van der Waals surface area (Å²) in [5, 5.41) is 14.7. The van der Waals surface area contributed by atoms with Gasteiger partial charge in [-0.1, -0.05) is 12.5 Å². The predicted octanol–water partition coefficient (Wildman–Crippen LogP) is 3.60. The van der Waals surface area contributed by atoms with Crippen molar-refractivity contribution in [1.82, 2.24) is 5.32 Å². The van der Waals surface area contributed by atoms with Crippen LogP contribution < -0.4 is 5.32 Å². The fourth-order valence-electron chi connectivity index (χ4n) is 3.49. The second-order valence-corrected chi connectivity index (χ2v) is 7.35. The number of fused-ring (bicyclic) bond motifs is 1. The van der Waals surface area contributed by atoms with Crippen molar-refractivity contribution in [3.63, 3.8) is 0 Å². The normalized spacial score (nSPS) is 17.3. The molecule has 2 saturated carbocycles. The Morgan fingerprint density at radius 2 is 1.84 bits per heavy atom. The summed E-state index contributed by atoms with van der Waals surface area (Å²) in [6, 6.07) is 9.11. The van der Waals surface area contributed by atoms with Crippen LogP contribution in [0.1, 0.15) is 48.0 Å². The zero-order valence-electron chi connectivity index (χ0n) is 14.3. The van der Waals surface area contributed by atoms with E-state index in [1.807, 2.05) is 18.2 Å². The van der Waals surface area contributed by atoms with Crippen LogP contribution in [0.5, 0.6) is 5.75 Å². The van der Waals surface area contributed by atoms with Gasteiger partial charge in [0.05, 0.1) is 0 Å². The van der Waals surface area contributed by atoms with Gasteiger partial charge in [-0.25, -0.2) is 0 Å². The Labute approximate surface area is 147 Å². The number of hydrogen-bond donors (Lipinski definition) is 2. The number of phenols is 1. The van der Waals surface area contributed by atoms with Crippen LogP contribution in [0.15, 0.2) is 30.3 Å². The van der Waals surface area contributed by atoms with Gasteiger partial charge in [-0.15, -0.1) is 0 Å². The third-order valence-electron chi connectivity index (χ3n) is 5.43. The van der Waals surface area contributed by atoms with E-state index in [1.54, 1.807) is 12.1 Å². The molecule has 0 saturated heterocycles. The Morgan fingerprint density at radius 1 is 1.04 bits per heavy atom. The molecule has 4 heteroatoms. The second kappa shape index (κ2) is 6.51. The van der Waals surface area contributed by atoms with E-state index >= 15 is 0 Å². The van der Waals surface area contributed by atoms with Gasteiger partial charge < -0.3 is 10.4 Å². The SMILES string of the molecule is O=C(NCCc1cc(C(=O)C2CC2)cc2ccc(O)cc12)C1CCC1. The molecule has 0 heterocycles. The van der Waals surface area contributed by atoms with E-state index in [2.05, 4.69) is 5.32 Å². The van der Waals surface area contributed by atoms with Crippen LogP contribution >= 0.6 is 0 Å². The van der Waals surface area contributed by atoms with Crippen molar-refractivity contribution >= 4 is 22.5 Å². The molecule has 0 radical (unpaired) electrons. The minimum Gasteiger partial charge on any atom is -0.508 e. The van der Waals surface area contributed by atoms with Gasteiger partial charge in [-0.3, -0.25) is 9.59 Å². The molecule has 4 rings (SSSR count). The highest BCUT2D eigenvalue weighted by Gasteiger charge is 2.30. The molecule has 1 amide bonds. The van der Waals surface area contributed by atoms with Crippen LogP contribution in [0.3, 0.4) is 0 Å². The van der Waals surface area contributed by atoms with E-state index in [-0.39, 0.29) is 29.3 Å². The first-order chi connectivity index (χ1) is 12.1. The maximum absolute atomic E-state index is 12.5. The van der Waals surface area contributed by atoms with Gasteiger partial charge in [0.25, 0.3) is 0 Å². The highest BCUT2D eigenvalue weighted by Crippen LogP contribution is 2.34. The van der Waals surface area contributed by atoms with E-state index in [1.165, 1.54) is 0 Å². The van der Waals surface area contributed by atoms with Crippen LogP contribution in [0.2, 0.25) is 0 Å². The number of carbonyl (C=O) groups is 2. The summed E-state index contributed by atoms with van der Waals surface area (Å²) in [7, 11) is 0. The van der Waals surface area contributed by atoms with Crippen LogP contribution in [0.25, 0.3) is 10.8 Å². The van der Waals surface area contributed by atoms with Gasteiger partial charge in [-0.05, 0) is 72.7 Å². The third kappa shape index (κ3) is 3.39. The standard InChI is InChI=1S/C21H23NO3/c23-18-7-6-15-10-17(20(24)13-4-5-13)11-16(19(15)12-18)8-9-22-21(25)14-2-1-3-14/h6-7,10-14,23H,1-5,8-9H2,(H,22,25). The number of carbonyl (C=O) groups excluding carboxylic acids is 2. The first-order valence-electron chi connectivity index (χ1n) is 9.19. The molecule has 0 bridgehead atoms. The molecule has 2 aromatic carbocycles. The molecule has 2 aliphatic rings. The van der Waals surface area contributed by atoms with Crippen molar-refractivity contribution in [2.75, 3.05) is 6.54 Å². The number of aromatic hydroxyl groups is 1. The van der Waals surface area contributed by atoms with E-state index in [9.17, 15) is 14.7 Å². The summed E-state index contributed by atoms with van der Waals surface area (Å²) in [6.45, 7) is 0.557. The van der Waals surface area contributed by atoms with E-state index < -0.39 is 0 Å². The largest absolute Gasteiger partial charge is 0.508 e. The quantitative estimate of drug-likeness (QED) is 0.792. The van der Waals surface area contributed by atoms with Crippen molar-refractivity contribution in [2.45, 2.75) is 38.5 Å². The molecule has 0 spiro atoms. The molecule has 2 aliphatic carbocycles. The molecule has 2 fully saturated rings. The minimum atomic E-state index is 0.142. The molecule has 0 unspecified atom stereocenters. The molecule has 0 aromatic heterocycles. The van der Waals surface area contributed by atoms with E-state index in [0.29, 0.717) is 13.0 Å². The van der Waals surface area contributed by atoms with Crippen LogP contribution in [-0.2, 0) is 11.2 Å². The number of nitrogens with one attached hydrogen (secondary N) is 1. The minimum absolute atomic E-state index is 0.142. The van der Waals surface area contributed by atoms with Crippen LogP contribution in [0.4, 0.5) is 0 Å². The first-order valence-corrected chi connectivity index (χ1v) is 9.19. The molecule has 130 valence electrons. The Balaban J connectivity index is 1.56. The maximum Gasteiger partial charge on any atom is 0.223 e. The van der Waals surface area contributed by atoms with Crippen LogP contribution in [-0.4, -0.2) is 23.3 Å². The average Bonchev–Trinajstić information content (AvgIpc) is 3.37. The third-order valence-corrected chi connectivity index (χ3v) is 5.43. The number of Topliss-reactive ketones (excluding diaryl/α,β-unsaturated/α-hetero) is 1. The van der Waals surface area contributed by atoms with Gasteiger partial charge in [0, 0.05) is 23.9 Å². The number of amides is 1. The maximum atomic E-state index is 12.5. The highest BCUT2D eigenvalue weighted by atomic mass is 16.3. The monoisotopic (exact) mass is 337 g/mol. The molecule has 4 nitrogen and oxygen atoms in total. The lowest BCUT2D eigenvalue weighted by Crippen LogP contribution is -2.35. The lowest BCUT2D eigenvalue weighted by molar-refractivity contribution is -0.127. The Hall–Kier alpha value is -2.36. The number of benzene rings is 2. The predicted molar refractivity (Wildman–Crippen MR) is 96.7 cm³/mol. The van der Waals surface area contributed by atoms with Crippen molar-refractivity contribution < 1.29 is 14.7 Å². The van der Waals surface area contributed by atoms with Gasteiger partial charge >= 0.3 is 0 Å². The Morgan fingerprint density at radius 3 is 2.52 bits per heavy atom. The number of phenolic OH excluding ortho intramolecular Hbond substituents is 1. The van der Waals surface area contributed by atoms with Crippen molar-refractivity contribution in [2.24, 2.45) is 11.8 Å². The first kappa shape index (κ1) is 16.1. The number of hydrogen-bond acceptors (Lipinski definition) is 3. The second-order valence-electron chi connectivity index (χ2n) is 7.35. The Kier molecular flexibility index (Phi) is 4.20. The number of ketones is 1. The summed E-state index contributed by atoms with van der Waals surface area (Å²) >= 11 is 0. The van der Waals surface area contributed by atoms with Gasteiger partial charge in [0.1, 0.15) is 5.75 Å². The summed E-state index contributed by atoms with van der Waals surface area (Å²) in [6.07, 6.45) is 5.76. The molecule has 2 N–H and O–H groups in total. The fourth-order valence-corrected chi connectivity index (χ4v) is 3.49. The van der Waals surface area contributed by atoms with E-state index in [0.717, 1.165) is 54.0 Å². The number of rotatable bonds is 6. The molecule has 2 aromatic rings. The molecule has 25 heavy (non-hydrogen) atoms. The van der Waals surface area contributed by atoms with Gasteiger partial charge in [0.2, 0.25) is 5.91 Å². The smallest absolute Gasteiger partial charge is 0.223 e. The zero-order chi connectivity index (χ0) is 17.4.